The third kappa shape index (κ3) is 4.12. The molecule has 2 N–H and O–H groups in total. The largest absolute Gasteiger partial charge is 0.337 e. The van der Waals surface area contributed by atoms with E-state index in [1.54, 1.807) is 4.90 Å². The summed E-state index contributed by atoms with van der Waals surface area (Å²) in [6.45, 7) is 2.61. The quantitative estimate of drug-likeness (QED) is 0.873. The van der Waals surface area contributed by atoms with Gasteiger partial charge in [-0.15, -0.1) is 0 Å². The lowest BCUT2D eigenvalue weighted by molar-refractivity contribution is 0.0735. The van der Waals surface area contributed by atoms with Crippen molar-refractivity contribution in [2.24, 2.45) is 5.73 Å². The van der Waals surface area contributed by atoms with Crippen molar-refractivity contribution in [1.82, 2.24) is 14.7 Å². The highest BCUT2D eigenvalue weighted by atomic mass is 16.2. The summed E-state index contributed by atoms with van der Waals surface area (Å²) in [5.41, 5.74) is 8.81. The fourth-order valence-electron chi connectivity index (χ4n) is 4.20. The fourth-order valence-corrected chi connectivity index (χ4v) is 4.20. The first-order valence-corrected chi connectivity index (χ1v) is 10.2. The molecule has 0 radical (unpaired) electrons. The van der Waals surface area contributed by atoms with Crippen molar-refractivity contribution in [3.05, 3.63) is 60.2 Å². The lowest BCUT2D eigenvalue weighted by atomic mass is 10.0. The maximum absolute atomic E-state index is 13.0. The Morgan fingerprint density at radius 3 is 2.17 bits per heavy atom. The zero-order valence-corrected chi connectivity index (χ0v) is 16.8. The molecule has 2 aliphatic heterocycles. The van der Waals surface area contributed by atoms with E-state index in [1.165, 1.54) is 0 Å². The number of carbonyl (C=O) groups is 2. The number of nitrogens with zero attached hydrogens (tertiary/aromatic N) is 3. The van der Waals surface area contributed by atoms with E-state index in [9.17, 15) is 9.59 Å². The number of urea groups is 1. The minimum Gasteiger partial charge on any atom is -0.337 e. The molecule has 0 aliphatic carbocycles. The van der Waals surface area contributed by atoms with Crippen LogP contribution in [0.25, 0.3) is 11.1 Å². The summed E-state index contributed by atoms with van der Waals surface area (Å²) in [7, 11) is 1.83. The van der Waals surface area contributed by atoms with Crippen LogP contribution in [0.4, 0.5) is 4.79 Å². The summed E-state index contributed by atoms with van der Waals surface area (Å²) < 4.78 is 0. The number of carbonyl (C=O) groups excluding carboxylic acids is 2. The standard InChI is InChI=1S/C23H28N4O2/c1-25(21-12-14-27(16-21)23(29)26-13-11-20(24)15-26)22(28)19-9-7-18(8-10-19)17-5-3-2-4-6-17/h2-10,20-21H,11-16,24H2,1H3/t20?,21-/m0/s1. The van der Waals surface area contributed by atoms with Crippen molar-refractivity contribution >= 4 is 11.9 Å². The lowest BCUT2D eigenvalue weighted by Crippen LogP contribution is -2.44. The molecule has 2 atom stereocenters. The predicted octanol–water partition coefficient (Wildman–Crippen LogP) is 2.65. The number of amides is 3. The van der Waals surface area contributed by atoms with Gasteiger partial charge in [0.15, 0.2) is 0 Å². The maximum Gasteiger partial charge on any atom is 0.320 e. The Bertz CT molecular complexity index is 868. The van der Waals surface area contributed by atoms with Gasteiger partial charge in [0.05, 0.1) is 6.04 Å². The second-order valence-corrected chi connectivity index (χ2v) is 8.03. The van der Waals surface area contributed by atoms with Gasteiger partial charge >= 0.3 is 6.03 Å². The van der Waals surface area contributed by atoms with Gasteiger partial charge in [-0.3, -0.25) is 4.79 Å². The molecule has 1 unspecified atom stereocenters. The second kappa shape index (κ2) is 8.25. The molecular formula is C23H28N4O2. The molecule has 0 bridgehead atoms. The van der Waals surface area contributed by atoms with Crippen LogP contribution >= 0.6 is 0 Å². The smallest absolute Gasteiger partial charge is 0.320 e. The van der Waals surface area contributed by atoms with Crippen LogP contribution in [-0.4, -0.2) is 71.9 Å². The number of likely N-dealkylation sites (tertiary alicyclic amines) is 2. The van der Waals surface area contributed by atoms with Gasteiger partial charge in [-0.2, -0.15) is 0 Å². The van der Waals surface area contributed by atoms with Crippen molar-refractivity contribution in [1.29, 1.82) is 0 Å². The van der Waals surface area contributed by atoms with Crippen molar-refractivity contribution in [3.8, 4) is 11.1 Å². The van der Waals surface area contributed by atoms with Crippen LogP contribution in [0.5, 0.6) is 0 Å². The third-order valence-electron chi connectivity index (χ3n) is 6.04. The molecule has 2 fully saturated rings. The van der Waals surface area contributed by atoms with Crippen molar-refractivity contribution < 1.29 is 9.59 Å². The van der Waals surface area contributed by atoms with Gasteiger partial charge in [0.2, 0.25) is 0 Å². The predicted molar refractivity (Wildman–Crippen MR) is 114 cm³/mol. The Morgan fingerprint density at radius 1 is 0.897 bits per heavy atom. The van der Waals surface area contributed by atoms with Gasteiger partial charge in [-0.05, 0) is 36.1 Å². The summed E-state index contributed by atoms with van der Waals surface area (Å²) in [5, 5.41) is 0. The van der Waals surface area contributed by atoms with E-state index in [0.29, 0.717) is 25.2 Å². The Morgan fingerprint density at radius 2 is 1.52 bits per heavy atom. The molecule has 0 spiro atoms. The van der Waals surface area contributed by atoms with Gasteiger partial charge in [-0.25, -0.2) is 4.79 Å². The van der Waals surface area contributed by atoms with Gasteiger partial charge in [0.25, 0.3) is 5.91 Å². The van der Waals surface area contributed by atoms with Crippen molar-refractivity contribution in [2.75, 3.05) is 33.2 Å². The zero-order valence-electron chi connectivity index (χ0n) is 16.8. The first kappa shape index (κ1) is 19.5. The summed E-state index contributed by atoms with van der Waals surface area (Å²) in [6.07, 6.45) is 1.66. The summed E-state index contributed by atoms with van der Waals surface area (Å²) in [5.74, 6) is -0.00731. The van der Waals surface area contributed by atoms with Crippen LogP contribution in [0, 0.1) is 0 Å². The van der Waals surface area contributed by atoms with Crippen LogP contribution in [0.15, 0.2) is 54.6 Å². The molecule has 2 heterocycles. The normalized spacial score (nSPS) is 21.4. The number of rotatable bonds is 3. The van der Waals surface area contributed by atoms with Crippen LogP contribution in [0.1, 0.15) is 23.2 Å². The van der Waals surface area contributed by atoms with Crippen LogP contribution < -0.4 is 5.73 Å². The first-order valence-electron chi connectivity index (χ1n) is 10.2. The Balaban J connectivity index is 1.37. The van der Waals surface area contributed by atoms with E-state index in [4.69, 9.17) is 5.73 Å². The van der Waals surface area contributed by atoms with E-state index < -0.39 is 0 Å². The molecule has 152 valence electrons. The number of benzene rings is 2. The van der Waals surface area contributed by atoms with Crippen molar-refractivity contribution in [2.45, 2.75) is 24.9 Å². The maximum atomic E-state index is 13.0. The number of likely N-dealkylation sites (N-methyl/N-ethyl adjacent to an activating group) is 1. The summed E-state index contributed by atoms with van der Waals surface area (Å²) in [6, 6.07) is 18.0. The van der Waals surface area contributed by atoms with Gasteiger partial charge in [-0.1, -0.05) is 42.5 Å². The minimum absolute atomic E-state index is 0.00731. The molecule has 2 aromatic rings. The van der Waals surface area contributed by atoms with Crippen molar-refractivity contribution in [3.63, 3.8) is 0 Å². The number of hydrogen-bond acceptors (Lipinski definition) is 3. The molecule has 4 rings (SSSR count). The average molecular weight is 393 g/mol. The summed E-state index contributed by atoms with van der Waals surface area (Å²) >= 11 is 0. The van der Waals surface area contributed by atoms with E-state index in [2.05, 4.69) is 12.1 Å². The van der Waals surface area contributed by atoms with Gasteiger partial charge < -0.3 is 20.4 Å². The molecule has 2 saturated heterocycles. The molecular weight excluding hydrogens is 364 g/mol. The van der Waals surface area contributed by atoms with Gasteiger partial charge in [0, 0.05) is 44.8 Å². The number of hydrogen-bond donors (Lipinski definition) is 1. The molecule has 3 amide bonds. The molecule has 6 nitrogen and oxygen atoms in total. The molecule has 0 aromatic heterocycles. The number of nitrogens with two attached hydrogens (primary N) is 1. The summed E-state index contributed by atoms with van der Waals surface area (Å²) in [4.78, 5) is 31.1. The zero-order chi connectivity index (χ0) is 20.4. The van der Waals surface area contributed by atoms with Crippen LogP contribution in [0.2, 0.25) is 0 Å². The van der Waals surface area contributed by atoms with E-state index in [1.807, 2.05) is 59.3 Å². The highest BCUT2D eigenvalue weighted by molar-refractivity contribution is 5.94. The first-order chi connectivity index (χ1) is 14.0. The van der Waals surface area contributed by atoms with Gasteiger partial charge in [0.1, 0.15) is 0 Å². The average Bonchev–Trinajstić information content (AvgIpc) is 3.42. The monoisotopic (exact) mass is 392 g/mol. The highest BCUT2D eigenvalue weighted by Gasteiger charge is 2.35. The molecule has 2 aromatic carbocycles. The molecule has 29 heavy (non-hydrogen) atoms. The van der Waals surface area contributed by atoms with E-state index in [0.717, 1.165) is 30.5 Å². The van der Waals surface area contributed by atoms with E-state index in [-0.39, 0.29) is 24.0 Å². The second-order valence-electron chi connectivity index (χ2n) is 8.03. The van der Waals surface area contributed by atoms with Crippen LogP contribution in [-0.2, 0) is 0 Å². The van der Waals surface area contributed by atoms with Crippen LogP contribution in [0.3, 0.4) is 0 Å². The lowest BCUT2D eigenvalue weighted by Gasteiger charge is -2.27. The molecule has 0 saturated carbocycles. The topological polar surface area (TPSA) is 69.9 Å². The molecule has 6 heteroatoms. The van der Waals surface area contributed by atoms with E-state index >= 15 is 0 Å². The fraction of sp³-hybridized carbons (Fsp3) is 0.391. The SMILES string of the molecule is CN(C(=O)c1ccc(-c2ccccc2)cc1)[C@H]1CCN(C(=O)N2CCC(N)C2)C1. The highest BCUT2D eigenvalue weighted by Crippen LogP contribution is 2.22. The molecule has 2 aliphatic rings. The third-order valence-corrected chi connectivity index (χ3v) is 6.04. The minimum atomic E-state index is -0.00731. The Labute approximate surface area is 171 Å². The Hall–Kier alpha value is -2.86. The Kier molecular flexibility index (Phi) is 5.53.